The average molecular weight is 157 g/mol. The van der Waals surface area contributed by atoms with E-state index in [0.717, 1.165) is 19.6 Å². The highest BCUT2D eigenvalue weighted by Crippen LogP contribution is 2.12. The molecule has 0 N–H and O–H groups in total. The molecule has 0 saturated carbocycles. The minimum Gasteiger partial charge on any atom is -0.355 e. The summed E-state index contributed by atoms with van der Waals surface area (Å²) >= 11 is 0. The first kappa shape index (κ1) is 7.53. The zero-order chi connectivity index (χ0) is 7.52. The van der Waals surface area contributed by atoms with Crippen LogP contribution in [0.3, 0.4) is 0 Å². The van der Waals surface area contributed by atoms with Crippen LogP contribution in [0.5, 0.6) is 0 Å². The fourth-order valence-corrected chi connectivity index (χ4v) is 1.50. The van der Waals surface area contributed by atoms with Gasteiger partial charge in [0.1, 0.15) is 6.79 Å². The van der Waals surface area contributed by atoms with Crippen molar-refractivity contribution in [3.05, 3.63) is 0 Å². The van der Waals surface area contributed by atoms with Crippen LogP contribution in [0, 0.1) is 0 Å². The van der Waals surface area contributed by atoms with E-state index in [1.165, 1.54) is 19.5 Å². The van der Waals surface area contributed by atoms with Gasteiger partial charge >= 0.3 is 0 Å². The second kappa shape index (κ2) is 3.52. The van der Waals surface area contributed by atoms with Gasteiger partial charge in [-0.05, 0) is 25.9 Å². The highest BCUT2D eigenvalue weighted by atomic mass is 16.7. The molecule has 3 nitrogen and oxygen atoms in total. The first-order valence-corrected chi connectivity index (χ1v) is 4.37. The van der Waals surface area contributed by atoms with E-state index < -0.39 is 0 Å². The van der Waals surface area contributed by atoms with Gasteiger partial charge in [0.15, 0.2) is 0 Å². The van der Waals surface area contributed by atoms with Gasteiger partial charge in [0.2, 0.25) is 0 Å². The highest BCUT2D eigenvalue weighted by Gasteiger charge is 2.21. The molecule has 2 rings (SSSR count). The van der Waals surface area contributed by atoms with Crippen molar-refractivity contribution in [2.75, 3.05) is 33.0 Å². The molecule has 0 aliphatic carbocycles. The molecule has 2 fully saturated rings. The van der Waals surface area contributed by atoms with E-state index in [9.17, 15) is 0 Å². The third-order valence-electron chi connectivity index (χ3n) is 2.38. The summed E-state index contributed by atoms with van der Waals surface area (Å²) in [6, 6.07) is 0. The number of nitrogens with zero attached hydrogens (tertiary/aromatic N) is 1. The number of hydrogen-bond acceptors (Lipinski definition) is 3. The molecule has 2 saturated heterocycles. The molecule has 2 aliphatic rings. The molecule has 0 amide bonds. The Labute approximate surface area is 67.3 Å². The Morgan fingerprint density at radius 1 is 1.36 bits per heavy atom. The van der Waals surface area contributed by atoms with Gasteiger partial charge in [0, 0.05) is 6.54 Å². The summed E-state index contributed by atoms with van der Waals surface area (Å²) in [5.74, 6) is 0. The predicted molar refractivity (Wildman–Crippen MR) is 41.4 cm³/mol. The van der Waals surface area contributed by atoms with E-state index in [4.69, 9.17) is 9.47 Å². The SMILES string of the molecule is C1CN(CC2CCOCO2)C1. The zero-order valence-corrected chi connectivity index (χ0v) is 6.79. The normalized spacial score (nSPS) is 33.3. The topological polar surface area (TPSA) is 21.7 Å². The molecule has 11 heavy (non-hydrogen) atoms. The fourth-order valence-electron chi connectivity index (χ4n) is 1.50. The molecule has 1 unspecified atom stereocenters. The number of rotatable bonds is 2. The number of hydrogen-bond donors (Lipinski definition) is 0. The Bertz CT molecular complexity index is 119. The zero-order valence-electron chi connectivity index (χ0n) is 6.79. The largest absolute Gasteiger partial charge is 0.355 e. The van der Waals surface area contributed by atoms with Crippen molar-refractivity contribution in [2.45, 2.75) is 18.9 Å². The Morgan fingerprint density at radius 3 is 2.82 bits per heavy atom. The van der Waals surface area contributed by atoms with Gasteiger partial charge in [-0.3, -0.25) is 0 Å². The summed E-state index contributed by atoms with van der Waals surface area (Å²) in [6.07, 6.45) is 2.86. The van der Waals surface area contributed by atoms with Crippen molar-refractivity contribution in [3.8, 4) is 0 Å². The summed E-state index contributed by atoms with van der Waals surface area (Å²) in [5.41, 5.74) is 0. The van der Waals surface area contributed by atoms with Crippen molar-refractivity contribution in [1.29, 1.82) is 0 Å². The van der Waals surface area contributed by atoms with Crippen LogP contribution in [0.15, 0.2) is 0 Å². The predicted octanol–water partition coefficient (Wildman–Crippen LogP) is 0.455. The molecule has 0 spiro atoms. The van der Waals surface area contributed by atoms with Crippen LogP contribution < -0.4 is 0 Å². The molecule has 0 bridgehead atoms. The first-order valence-electron chi connectivity index (χ1n) is 4.37. The van der Waals surface area contributed by atoms with E-state index >= 15 is 0 Å². The van der Waals surface area contributed by atoms with E-state index in [0.29, 0.717) is 12.9 Å². The quantitative estimate of drug-likeness (QED) is 0.581. The first-order chi connectivity index (χ1) is 5.45. The molecule has 64 valence electrons. The minimum atomic E-state index is 0.434. The summed E-state index contributed by atoms with van der Waals surface area (Å²) in [7, 11) is 0. The van der Waals surface area contributed by atoms with Crippen molar-refractivity contribution in [1.82, 2.24) is 4.90 Å². The van der Waals surface area contributed by atoms with Gasteiger partial charge in [-0.1, -0.05) is 0 Å². The molecule has 0 aromatic heterocycles. The molecule has 2 aliphatic heterocycles. The van der Waals surface area contributed by atoms with Crippen LogP contribution in [0.25, 0.3) is 0 Å². The maximum atomic E-state index is 5.42. The molecule has 0 radical (unpaired) electrons. The highest BCUT2D eigenvalue weighted by molar-refractivity contribution is 4.73. The molecule has 0 aromatic carbocycles. The summed E-state index contributed by atoms with van der Waals surface area (Å²) < 4.78 is 10.5. The fraction of sp³-hybridized carbons (Fsp3) is 1.00. The molecule has 2 heterocycles. The van der Waals surface area contributed by atoms with Gasteiger partial charge < -0.3 is 14.4 Å². The van der Waals surface area contributed by atoms with Gasteiger partial charge in [0.05, 0.1) is 12.7 Å². The molecular formula is C8H15NO2. The van der Waals surface area contributed by atoms with Crippen LogP contribution >= 0.6 is 0 Å². The molecule has 1 atom stereocenters. The van der Waals surface area contributed by atoms with Crippen LogP contribution in [0.1, 0.15) is 12.8 Å². The van der Waals surface area contributed by atoms with E-state index in [1.807, 2.05) is 0 Å². The lowest BCUT2D eigenvalue weighted by molar-refractivity contribution is -0.147. The second-order valence-corrected chi connectivity index (χ2v) is 3.26. The third kappa shape index (κ3) is 1.92. The van der Waals surface area contributed by atoms with Gasteiger partial charge in [-0.25, -0.2) is 0 Å². The van der Waals surface area contributed by atoms with E-state index in [-0.39, 0.29) is 0 Å². The smallest absolute Gasteiger partial charge is 0.147 e. The molecule has 3 heteroatoms. The van der Waals surface area contributed by atoms with Crippen molar-refractivity contribution in [3.63, 3.8) is 0 Å². The lowest BCUT2D eigenvalue weighted by Crippen LogP contribution is -2.44. The van der Waals surface area contributed by atoms with Crippen molar-refractivity contribution >= 4 is 0 Å². The van der Waals surface area contributed by atoms with Crippen LogP contribution in [0.4, 0.5) is 0 Å². The monoisotopic (exact) mass is 157 g/mol. The van der Waals surface area contributed by atoms with Gasteiger partial charge in [0.25, 0.3) is 0 Å². The Hall–Kier alpha value is -0.120. The maximum absolute atomic E-state index is 5.42. The standard InChI is InChI=1S/C8H15NO2/c1-3-9(4-1)6-8-2-5-10-7-11-8/h8H,1-7H2. The average Bonchev–Trinajstić information content (AvgIpc) is 1.99. The van der Waals surface area contributed by atoms with E-state index in [1.54, 1.807) is 0 Å². The maximum Gasteiger partial charge on any atom is 0.147 e. The Kier molecular flexibility index (Phi) is 2.41. The molecular weight excluding hydrogens is 142 g/mol. The van der Waals surface area contributed by atoms with Crippen LogP contribution in [-0.2, 0) is 9.47 Å². The van der Waals surface area contributed by atoms with Crippen LogP contribution in [-0.4, -0.2) is 44.0 Å². The third-order valence-corrected chi connectivity index (χ3v) is 2.38. The van der Waals surface area contributed by atoms with Crippen LogP contribution in [0.2, 0.25) is 0 Å². The summed E-state index contributed by atoms with van der Waals surface area (Å²) in [5, 5.41) is 0. The Balaban J connectivity index is 1.67. The summed E-state index contributed by atoms with van der Waals surface area (Å²) in [4.78, 5) is 2.44. The molecule has 0 aromatic rings. The number of likely N-dealkylation sites (tertiary alicyclic amines) is 1. The van der Waals surface area contributed by atoms with Crippen molar-refractivity contribution in [2.24, 2.45) is 0 Å². The summed E-state index contributed by atoms with van der Waals surface area (Å²) in [6.45, 7) is 5.02. The van der Waals surface area contributed by atoms with Gasteiger partial charge in [-0.15, -0.1) is 0 Å². The minimum absolute atomic E-state index is 0.434. The van der Waals surface area contributed by atoms with Gasteiger partial charge in [-0.2, -0.15) is 0 Å². The second-order valence-electron chi connectivity index (χ2n) is 3.26. The van der Waals surface area contributed by atoms with Crippen molar-refractivity contribution < 1.29 is 9.47 Å². The lowest BCUT2D eigenvalue weighted by atomic mass is 10.1. The number of ether oxygens (including phenoxy) is 2. The van der Waals surface area contributed by atoms with E-state index in [2.05, 4.69) is 4.90 Å². The Morgan fingerprint density at radius 2 is 2.27 bits per heavy atom. The lowest BCUT2D eigenvalue weighted by Gasteiger charge is -2.35.